The van der Waals surface area contributed by atoms with Crippen molar-refractivity contribution in [3.63, 3.8) is 0 Å². The Morgan fingerprint density at radius 2 is 2.12 bits per heavy atom. The van der Waals surface area contributed by atoms with Crippen molar-refractivity contribution in [3.8, 4) is 5.75 Å². The Balaban J connectivity index is 2.49. The maximum atomic E-state index is 10.7. The van der Waals surface area contributed by atoms with Crippen LogP contribution < -0.4 is 16.2 Å². The van der Waals surface area contributed by atoms with Crippen molar-refractivity contribution in [1.82, 2.24) is 0 Å². The summed E-state index contributed by atoms with van der Waals surface area (Å²) in [5.74, 6) is 0.334. The van der Waals surface area contributed by atoms with Crippen molar-refractivity contribution in [2.45, 2.75) is 26.3 Å². The maximum absolute atomic E-state index is 10.7. The highest BCUT2D eigenvalue weighted by Gasteiger charge is 2.09. The Labute approximate surface area is 95.6 Å². The fraction of sp³-hybridized carbons (Fsp3) is 0.417. The maximum Gasteiger partial charge on any atom is 0.234 e. The third-order valence-electron chi connectivity index (χ3n) is 2.61. The molecular weight excluding hydrogens is 204 g/mol. The van der Waals surface area contributed by atoms with Gasteiger partial charge in [-0.05, 0) is 31.0 Å². The summed E-state index contributed by atoms with van der Waals surface area (Å²) in [7, 11) is 0. The zero-order valence-electron chi connectivity index (χ0n) is 9.69. The number of hydrogen-bond donors (Lipinski definition) is 2. The number of rotatable bonds is 5. The molecule has 4 heteroatoms. The topological polar surface area (TPSA) is 78.3 Å². The molecule has 0 saturated heterocycles. The third kappa shape index (κ3) is 3.24. The van der Waals surface area contributed by atoms with E-state index in [1.165, 1.54) is 5.56 Å². The summed E-state index contributed by atoms with van der Waals surface area (Å²) in [6.07, 6.45) is 0.433. The minimum Gasteiger partial charge on any atom is -0.493 e. The molecule has 0 unspecified atom stereocenters. The van der Waals surface area contributed by atoms with E-state index in [9.17, 15) is 4.79 Å². The van der Waals surface area contributed by atoms with Gasteiger partial charge >= 0.3 is 0 Å². The number of hydrogen-bond acceptors (Lipinski definition) is 3. The van der Waals surface area contributed by atoms with Crippen molar-refractivity contribution >= 4 is 5.91 Å². The van der Waals surface area contributed by atoms with Gasteiger partial charge in [0.25, 0.3) is 0 Å². The summed E-state index contributed by atoms with van der Waals surface area (Å²) in [6, 6.07) is 5.23. The Morgan fingerprint density at radius 3 is 2.75 bits per heavy atom. The lowest BCUT2D eigenvalue weighted by Gasteiger charge is -2.12. The van der Waals surface area contributed by atoms with E-state index in [2.05, 4.69) is 0 Å². The van der Waals surface area contributed by atoms with Gasteiger partial charge in [-0.1, -0.05) is 12.1 Å². The van der Waals surface area contributed by atoms with E-state index in [4.69, 9.17) is 16.2 Å². The molecule has 0 saturated carbocycles. The molecule has 0 aliphatic heterocycles. The van der Waals surface area contributed by atoms with Crippen molar-refractivity contribution in [2.24, 2.45) is 11.5 Å². The summed E-state index contributed by atoms with van der Waals surface area (Å²) in [6.45, 7) is 4.42. The van der Waals surface area contributed by atoms with Crippen LogP contribution in [0.5, 0.6) is 5.75 Å². The zero-order valence-corrected chi connectivity index (χ0v) is 9.69. The fourth-order valence-corrected chi connectivity index (χ4v) is 1.32. The van der Waals surface area contributed by atoms with Crippen LogP contribution in [0.3, 0.4) is 0 Å². The molecule has 0 radical (unpaired) electrons. The van der Waals surface area contributed by atoms with Crippen LogP contribution in [0.4, 0.5) is 0 Å². The largest absolute Gasteiger partial charge is 0.493 e. The average molecular weight is 222 g/mol. The van der Waals surface area contributed by atoms with Crippen molar-refractivity contribution in [1.29, 1.82) is 0 Å². The molecule has 0 heterocycles. The SMILES string of the molecule is Cc1cccc(OCC[C@H](N)C(N)=O)c1C. The van der Waals surface area contributed by atoms with Gasteiger partial charge < -0.3 is 16.2 Å². The smallest absolute Gasteiger partial charge is 0.234 e. The summed E-state index contributed by atoms with van der Waals surface area (Å²) in [4.78, 5) is 10.7. The monoisotopic (exact) mass is 222 g/mol. The molecule has 1 atom stereocenters. The van der Waals surface area contributed by atoms with E-state index >= 15 is 0 Å². The molecule has 0 aromatic heterocycles. The predicted octanol–water partition coefficient (Wildman–Crippen LogP) is 0.885. The molecule has 0 spiro atoms. The first-order valence-corrected chi connectivity index (χ1v) is 5.26. The van der Waals surface area contributed by atoms with Crippen LogP contribution in [-0.2, 0) is 4.79 Å². The van der Waals surface area contributed by atoms with Gasteiger partial charge in [0.1, 0.15) is 5.75 Å². The van der Waals surface area contributed by atoms with Crippen LogP contribution in [0.2, 0.25) is 0 Å². The second-order valence-electron chi connectivity index (χ2n) is 3.84. The van der Waals surface area contributed by atoms with Gasteiger partial charge in [0, 0.05) is 6.42 Å². The molecule has 0 aliphatic carbocycles. The Hall–Kier alpha value is -1.55. The lowest BCUT2D eigenvalue weighted by molar-refractivity contribution is -0.119. The van der Waals surface area contributed by atoms with Crippen LogP contribution in [0.25, 0.3) is 0 Å². The van der Waals surface area contributed by atoms with Crippen LogP contribution in [-0.4, -0.2) is 18.6 Å². The van der Waals surface area contributed by atoms with E-state index in [1.54, 1.807) is 0 Å². The highest BCUT2D eigenvalue weighted by molar-refractivity contribution is 5.79. The Morgan fingerprint density at radius 1 is 1.44 bits per heavy atom. The van der Waals surface area contributed by atoms with E-state index in [-0.39, 0.29) is 0 Å². The summed E-state index contributed by atoms with van der Waals surface area (Å²) in [5, 5.41) is 0. The molecule has 1 aromatic carbocycles. The molecule has 4 nitrogen and oxygen atoms in total. The van der Waals surface area contributed by atoms with E-state index in [1.807, 2.05) is 32.0 Å². The van der Waals surface area contributed by atoms with Crippen LogP contribution >= 0.6 is 0 Å². The molecule has 0 fully saturated rings. The van der Waals surface area contributed by atoms with Crippen molar-refractivity contribution in [3.05, 3.63) is 29.3 Å². The highest BCUT2D eigenvalue weighted by Crippen LogP contribution is 2.20. The minimum atomic E-state index is -0.634. The zero-order chi connectivity index (χ0) is 12.1. The van der Waals surface area contributed by atoms with Gasteiger partial charge in [0.05, 0.1) is 12.6 Å². The number of benzene rings is 1. The van der Waals surface area contributed by atoms with Gasteiger partial charge in [-0.15, -0.1) is 0 Å². The first kappa shape index (κ1) is 12.5. The van der Waals surface area contributed by atoms with E-state index in [0.717, 1.165) is 11.3 Å². The molecular formula is C12H18N2O2. The number of primary amides is 1. The van der Waals surface area contributed by atoms with Crippen LogP contribution in [0, 0.1) is 13.8 Å². The van der Waals surface area contributed by atoms with Gasteiger partial charge in [0.15, 0.2) is 0 Å². The number of ether oxygens (including phenoxy) is 1. The second-order valence-corrected chi connectivity index (χ2v) is 3.84. The molecule has 1 amide bonds. The summed E-state index contributed by atoms with van der Waals surface area (Å²) < 4.78 is 5.55. The lowest BCUT2D eigenvalue weighted by atomic mass is 10.1. The Bertz CT molecular complexity index is 377. The highest BCUT2D eigenvalue weighted by atomic mass is 16.5. The van der Waals surface area contributed by atoms with Crippen LogP contribution in [0.15, 0.2) is 18.2 Å². The molecule has 0 bridgehead atoms. The van der Waals surface area contributed by atoms with E-state index in [0.29, 0.717) is 13.0 Å². The lowest BCUT2D eigenvalue weighted by Crippen LogP contribution is -2.37. The molecule has 16 heavy (non-hydrogen) atoms. The first-order chi connectivity index (χ1) is 7.52. The molecule has 0 aliphatic rings. The molecule has 4 N–H and O–H groups in total. The number of amides is 1. The van der Waals surface area contributed by atoms with Gasteiger partial charge in [-0.25, -0.2) is 0 Å². The molecule has 1 rings (SSSR count). The molecule has 1 aromatic rings. The number of carbonyl (C=O) groups is 1. The summed E-state index contributed by atoms with van der Waals surface area (Å²) in [5.41, 5.74) is 12.8. The number of aryl methyl sites for hydroxylation is 1. The number of carbonyl (C=O) groups excluding carboxylic acids is 1. The van der Waals surface area contributed by atoms with Crippen molar-refractivity contribution in [2.75, 3.05) is 6.61 Å². The normalized spacial score (nSPS) is 12.2. The predicted molar refractivity (Wildman–Crippen MR) is 63.2 cm³/mol. The van der Waals surface area contributed by atoms with Gasteiger partial charge in [0.2, 0.25) is 5.91 Å². The van der Waals surface area contributed by atoms with Crippen LogP contribution in [0.1, 0.15) is 17.5 Å². The molecule has 88 valence electrons. The average Bonchev–Trinajstić information content (AvgIpc) is 2.24. The minimum absolute atomic E-state index is 0.397. The second kappa shape index (κ2) is 5.51. The quantitative estimate of drug-likeness (QED) is 0.776. The van der Waals surface area contributed by atoms with Crippen molar-refractivity contribution < 1.29 is 9.53 Å². The first-order valence-electron chi connectivity index (χ1n) is 5.26. The van der Waals surface area contributed by atoms with Gasteiger partial charge in [-0.3, -0.25) is 4.79 Å². The Kier molecular flexibility index (Phi) is 4.31. The standard InChI is InChI=1S/C12H18N2O2/c1-8-4-3-5-11(9(8)2)16-7-6-10(13)12(14)15/h3-5,10H,6-7,13H2,1-2H3,(H2,14,15)/t10-/m0/s1. The third-order valence-corrected chi connectivity index (χ3v) is 2.61. The van der Waals surface area contributed by atoms with E-state index < -0.39 is 11.9 Å². The number of nitrogens with two attached hydrogens (primary N) is 2. The fourth-order valence-electron chi connectivity index (χ4n) is 1.32. The van der Waals surface area contributed by atoms with Gasteiger partial charge in [-0.2, -0.15) is 0 Å². The summed E-state index contributed by atoms with van der Waals surface area (Å²) >= 11 is 0.